The number of nitrogens with one attached hydrogen (secondary N) is 2. The number of benzene rings is 2. The Bertz CT molecular complexity index is 1590. The van der Waals surface area contributed by atoms with Crippen molar-refractivity contribution in [2.75, 3.05) is 44.7 Å². The molecule has 0 spiro atoms. The van der Waals surface area contributed by atoms with Gasteiger partial charge in [0, 0.05) is 19.0 Å². The van der Waals surface area contributed by atoms with Crippen molar-refractivity contribution >= 4 is 21.6 Å². The van der Waals surface area contributed by atoms with Crippen molar-refractivity contribution in [3.05, 3.63) is 92.0 Å². The molecule has 3 fully saturated rings. The van der Waals surface area contributed by atoms with Gasteiger partial charge in [0.05, 0.1) is 11.5 Å². The number of amides is 2. The maximum absolute atomic E-state index is 13.1. The van der Waals surface area contributed by atoms with E-state index in [-0.39, 0.29) is 45.1 Å². The number of nitriles is 1. The monoisotopic (exact) mass is 768 g/mol. The van der Waals surface area contributed by atoms with Crippen LogP contribution in [-0.4, -0.2) is 65.2 Å². The molecule has 3 atom stereocenters. The molecule has 5 rings (SSSR count). The van der Waals surface area contributed by atoms with Gasteiger partial charge in [-0.15, -0.1) is 0 Å². The van der Waals surface area contributed by atoms with Gasteiger partial charge in [-0.3, -0.25) is 0 Å². The summed E-state index contributed by atoms with van der Waals surface area (Å²) < 4.78 is 30.0. The van der Waals surface area contributed by atoms with Gasteiger partial charge in [0.25, 0.3) is 0 Å². The van der Waals surface area contributed by atoms with E-state index in [4.69, 9.17) is 0 Å². The Morgan fingerprint density at radius 1 is 1.09 bits per heavy atom. The first-order valence-corrected chi connectivity index (χ1v) is 20.6. The summed E-state index contributed by atoms with van der Waals surface area (Å²) in [5.41, 5.74) is 1.49. The molecule has 3 aliphatic rings. The van der Waals surface area contributed by atoms with E-state index < -0.39 is 15.3 Å². The van der Waals surface area contributed by atoms with Gasteiger partial charge < -0.3 is 15.5 Å². The number of carbonyl (C=O) groups is 1. The summed E-state index contributed by atoms with van der Waals surface area (Å²) in [5, 5.41) is 16.8. The molecule has 1 saturated carbocycles. The van der Waals surface area contributed by atoms with Crippen molar-refractivity contribution in [3.63, 3.8) is 0 Å². The van der Waals surface area contributed by atoms with Gasteiger partial charge in [0.1, 0.15) is 0 Å². The number of nitrogens with zero attached hydrogens (tertiary/aromatic N) is 3. The van der Waals surface area contributed by atoms with Crippen LogP contribution in [0.5, 0.6) is 0 Å². The first-order chi connectivity index (χ1) is 22.8. The van der Waals surface area contributed by atoms with Crippen LogP contribution in [0.4, 0.5) is 10.5 Å². The molecular formula is C37H47IN5O3S-. The third kappa shape index (κ3) is 7.63. The predicted octanol–water partition coefficient (Wildman–Crippen LogP) is 2.82. The number of urea groups is 1. The normalized spacial score (nSPS) is 22.8. The molecule has 2 aromatic rings. The van der Waals surface area contributed by atoms with Crippen molar-refractivity contribution in [2.24, 2.45) is 17.8 Å². The van der Waals surface area contributed by atoms with Crippen LogP contribution < -0.4 is 36.7 Å². The molecule has 0 bridgehead atoms. The summed E-state index contributed by atoms with van der Waals surface area (Å²) in [4.78, 5) is 17.8. The summed E-state index contributed by atoms with van der Waals surface area (Å²) in [6, 6.07) is 20.2. The van der Waals surface area contributed by atoms with Gasteiger partial charge in [-0.25, -0.2) is 4.79 Å². The fraction of sp³-hybridized carbons (Fsp3) is 0.459. The Kier molecular flexibility index (Phi) is 11.9. The minimum absolute atomic E-state index is 0.0199. The number of piperidine rings is 1. The number of halogens is 1. The molecule has 8 nitrogen and oxygen atoms in total. The summed E-state index contributed by atoms with van der Waals surface area (Å²) in [7, 11) is -1.91. The molecular weight excluding hydrogens is 721 g/mol. The maximum atomic E-state index is 13.1. The van der Waals surface area contributed by atoms with Crippen LogP contribution in [0, 0.1) is 29.1 Å². The second-order valence-corrected chi connectivity index (χ2v) is 17.1. The van der Waals surface area contributed by atoms with Crippen LogP contribution in [0.2, 0.25) is 0 Å². The van der Waals surface area contributed by atoms with E-state index in [2.05, 4.69) is 45.2 Å². The Morgan fingerprint density at radius 3 is 2.40 bits per heavy atom. The van der Waals surface area contributed by atoms with Crippen LogP contribution in [0.1, 0.15) is 44.6 Å². The van der Waals surface area contributed by atoms with Crippen LogP contribution in [0.3, 0.4) is 0 Å². The summed E-state index contributed by atoms with van der Waals surface area (Å²) in [6.45, 7) is 10.3. The number of anilines is 1. The summed E-state index contributed by atoms with van der Waals surface area (Å²) in [5.74, 6) is 0.844. The average Bonchev–Trinajstić information content (AvgIpc) is 3.54. The Hall–Kier alpha value is -3.14. The van der Waals surface area contributed by atoms with E-state index >= 15 is 0 Å². The first kappa shape index (κ1) is 35.2. The van der Waals surface area contributed by atoms with Gasteiger partial charge in [-0.2, -0.15) is 5.26 Å². The fourth-order valence-electron chi connectivity index (χ4n) is 7.92. The quantitative estimate of drug-likeness (QED) is 0.255. The Morgan fingerprint density at radius 2 is 1.79 bits per heavy atom. The first-order valence-electron chi connectivity index (χ1n) is 16.6. The SMILES string of the molecule is C=C[I-]/C=C\C(=C/C)S(=O)(=O)c1ccc(N2CC(CN3CCC(C(C#N)(c4ccccc4)[C@H]4CCC[C@@H]4NC(=O)NC)CC3)C2)cc1. The Labute approximate surface area is 291 Å². The van der Waals surface area contributed by atoms with Crippen LogP contribution >= 0.6 is 0 Å². The van der Waals surface area contributed by atoms with E-state index in [1.54, 1.807) is 38.3 Å². The van der Waals surface area contributed by atoms with Crippen molar-refractivity contribution < 1.29 is 34.4 Å². The van der Waals surface area contributed by atoms with Crippen LogP contribution in [-0.2, 0) is 15.3 Å². The molecule has 252 valence electrons. The number of hydrogen-bond acceptors (Lipinski definition) is 6. The number of hydrogen-bond donors (Lipinski definition) is 2. The van der Waals surface area contributed by atoms with Crippen molar-refractivity contribution in [1.29, 1.82) is 5.26 Å². The summed E-state index contributed by atoms with van der Waals surface area (Å²) in [6.07, 6.45) is 8.10. The topological polar surface area (TPSA) is 106 Å². The van der Waals surface area contributed by atoms with Gasteiger partial charge in [0.15, 0.2) is 0 Å². The zero-order valence-corrected chi connectivity index (χ0v) is 30.4. The molecule has 2 amide bonds. The molecule has 1 unspecified atom stereocenters. The standard InChI is InChI=1S/C37H47IN5O3S/c1-4-32(18-21-38-5-2)47(45,46)33-16-14-31(15-17-33)43-25-28(26-43)24-42-22-19-30(20-23-42)37(27-39,29-10-7-6-8-11-29)34-12-9-13-35(34)41-36(44)40-3/h4-8,10-11,14-18,21,28,30,34-35H,2,9,12-13,19-20,22-26H2,1,3H3,(H2,40,41,44)/q-1/b21-18-,32-4+/t34-,35-,37?/m0/s1. The minimum atomic E-state index is -3.55. The third-order valence-electron chi connectivity index (χ3n) is 10.3. The Balaban J connectivity index is 1.18. The zero-order valence-electron chi connectivity index (χ0n) is 27.4. The van der Waals surface area contributed by atoms with E-state index in [1.807, 2.05) is 38.5 Å². The predicted molar refractivity (Wildman–Crippen MR) is 184 cm³/mol. The van der Waals surface area contributed by atoms with Crippen molar-refractivity contribution in [2.45, 2.75) is 55.4 Å². The van der Waals surface area contributed by atoms with Crippen LogP contribution in [0.15, 0.2) is 91.3 Å². The fourth-order valence-corrected chi connectivity index (χ4v) is 10.4. The van der Waals surface area contributed by atoms with E-state index in [1.165, 1.54) is 0 Å². The van der Waals surface area contributed by atoms with Gasteiger partial charge in [0.2, 0.25) is 0 Å². The molecule has 1 aliphatic carbocycles. The number of likely N-dealkylation sites (tertiary alicyclic amines) is 1. The van der Waals surface area contributed by atoms with E-state index in [0.29, 0.717) is 15.7 Å². The average molecular weight is 769 g/mol. The summed E-state index contributed by atoms with van der Waals surface area (Å²) >= 11 is -0.336. The van der Waals surface area contributed by atoms with Crippen molar-refractivity contribution in [1.82, 2.24) is 15.5 Å². The van der Waals surface area contributed by atoms with E-state index in [0.717, 1.165) is 76.1 Å². The molecule has 10 heteroatoms. The number of rotatable bonds is 12. The molecule has 2 aliphatic heterocycles. The number of carbonyl (C=O) groups excluding carboxylic acids is 1. The molecule has 2 N–H and O–H groups in total. The van der Waals surface area contributed by atoms with Gasteiger partial charge in [-0.05, 0) is 50.3 Å². The molecule has 2 saturated heterocycles. The van der Waals surface area contributed by atoms with Crippen molar-refractivity contribution in [3.8, 4) is 6.07 Å². The van der Waals surface area contributed by atoms with Crippen LogP contribution in [0.25, 0.3) is 0 Å². The van der Waals surface area contributed by atoms with Gasteiger partial charge in [-0.1, -0.05) is 36.8 Å². The molecule has 47 heavy (non-hydrogen) atoms. The third-order valence-corrected chi connectivity index (χ3v) is 13.5. The molecule has 0 radical (unpaired) electrons. The molecule has 2 aromatic carbocycles. The number of sulfone groups is 1. The second kappa shape index (κ2) is 15.8. The molecule has 2 heterocycles. The number of allylic oxidation sites excluding steroid dienone is 2. The second-order valence-electron chi connectivity index (χ2n) is 12.8. The zero-order chi connectivity index (χ0) is 33.4. The van der Waals surface area contributed by atoms with E-state index in [9.17, 15) is 18.5 Å². The van der Waals surface area contributed by atoms with Gasteiger partial charge >= 0.3 is 150 Å². The molecule has 0 aromatic heterocycles.